The SMILES string of the molecule is COc1ccnc(N2CCC(NC(=O)C3CC3)C23CCCC3)n1. The normalized spacial score (nSPS) is 25.8. The summed E-state index contributed by atoms with van der Waals surface area (Å²) < 4.78 is 5.25. The quantitative estimate of drug-likeness (QED) is 0.919. The fraction of sp³-hybridized carbons (Fsp3) is 0.706. The number of anilines is 1. The van der Waals surface area contributed by atoms with Crippen molar-refractivity contribution < 1.29 is 9.53 Å². The van der Waals surface area contributed by atoms with Crippen LogP contribution in [0.2, 0.25) is 0 Å². The second kappa shape index (κ2) is 5.65. The second-order valence-corrected chi connectivity index (χ2v) is 6.99. The summed E-state index contributed by atoms with van der Waals surface area (Å²) in [5.41, 5.74) is -0.0169. The van der Waals surface area contributed by atoms with Crippen LogP contribution in [-0.2, 0) is 4.79 Å². The van der Waals surface area contributed by atoms with Crippen LogP contribution in [0.4, 0.5) is 5.95 Å². The molecule has 2 aliphatic carbocycles. The lowest BCUT2D eigenvalue weighted by Gasteiger charge is -2.39. The van der Waals surface area contributed by atoms with Gasteiger partial charge in [0.05, 0.1) is 18.7 Å². The zero-order valence-corrected chi connectivity index (χ0v) is 13.6. The van der Waals surface area contributed by atoms with Crippen LogP contribution in [0.15, 0.2) is 12.3 Å². The molecule has 6 heteroatoms. The van der Waals surface area contributed by atoms with E-state index in [0.29, 0.717) is 5.88 Å². The molecule has 1 amide bonds. The molecule has 2 saturated carbocycles. The molecule has 0 aromatic carbocycles. The van der Waals surface area contributed by atoms with Crippen LogP contribution < -0.4 is 15.0 Å². The van der Waals surface area contributed by atoms with Crippen LogP contribution >= 0.6 is 0 Å². The number of hydrogen-bond acceptors (Lipinski definition) is 5. The van der Waals surface area contributed by atoms with E-state index in [9.17, 15) is 4.79 Å². The number of carbonyl (C=O) groups is 1. The molecular formula is C17H24N4O2. The van der Waals surface area contributed by atoms with Crippen LogP contribution in [0.3, 0.4) is 0 Å². The summed E-state index contributed by atoms with van der Waals surface area (Å²) in [6, 6.07) is 1.99. The zero-order valence-electron chi connectivity index (χ0n) is 13.6. The van der Waals surface area contributed by atoms with Crippen molar-refractivity contribution in [3.63, 3.8) is 0 Å². The number of rotatable bonds is 4. The van der Waals surface area contributed by atoms with Crippen LogP contribution in [0.5, 0.6) is 5.88 Å². The molecule has 3 fully saturated rings. The van der Waals surface area contributed by atoms with E-state index in [1.54, 1.807) is 19.4 Å². The molecule has 6 nitrogen and oxygen atoms in total. The van der Waals surface area contributed by atoms with Crippen molar-refractivity contribution in [1.82, 2.24) is 15.3 Å². The number of ether oxygens (including phenoxy) is 1. The summed E-state index contributed by atoms with van der Waals surface area (Å²) >= 11 is 0. The highest BCUT2D eigenvalue weighted by Crippen LogP contribution is 2.45. The molecular weight excluding hydrogens is 292 g/mol. The molecule has 1 aliphatic heterocycles. The number of hydrogen-bond donors (Lipinski definition) is 1. The van der Waals surface area contributed by atoms with Gasteiger partial charge < -0.3 is 15.0 Å². The van der Waals surface area contributed by atoms with E-state index in [4.69, 9.17) is 4.74 Å². The molecule has 23 heavy (non-hydrogen) atoms. The van der Waals surface area contributed by atoms with Crippen molar-refractivity contribution in [1.29, 1.82) is 0 Å². The minimum atomic E-state index is -0.0169. The van der Waals surface area contributed by atoms with Crippen molar-refractivity contribution in [2.45, 2.75) is 56.5 Å². The predicted molar refractivity (Wildman–Crippen MR) is 86.4 cm³/mol. The minimum Gasteiger partial charge on any atom is -0.481 e. The highest BCUT2D eigenvalue weighted by molar-refractivity contribution is 5.81. The summed E-state index contributed by atoms with van der Waals surface area (Å²) in [5.74, 6) is 1.83. The van der Waals surface area contributed by atoms with E-state index in [0.717, 1.165) is 44.6 Å². The van der Waals surface area contributed by atoms with E-state index in [2.05, 4.69) is 20.2 Å². The van der Waals surface area contributed by atoms with Gasteiger partial charge in [0.1, 0.15) is 0 Å². The van der Waals surface area contributed by atoms with Gasteiger partial charge >= 0.3 is 0 Å². The Morgan fingerprint density at radius 1 is 1.35 bits per heavy atom. The maximum Gasteiger partial charge on any atom is 0.229 e. The van der Waals surface area contributed by atoms with Gasteiger partial charge in [0, 0.05) is 24.7 Å². The number of aromatic nitrogens is 2. The second-order valence-electron chi connectivity index (χ2n) is 6.99. The van der Waals surface area contributed by atoms with Crippen LogP contribution in [0.1, 0.15) is 44.9 Å². The van der Waals surface area contributed by atoms with Gasteiger partial charge in [0.25, 0.3) is 0 Å². The van der Waals surface area contributed by atoms with Crippen molar-refractivity contribution in [2.24, 2.45) is 5.92 Å². The van der Waals surface area contributed by atoms with Gasteiger partial charge in [-0.1, -0.05) is 12.8 Å². The first-order valence-electron chi connectivity index (χ1n) is 8.68. The third-order valence-corrected chi connectivity index (χ3v) is 5.63. The Balaban J connectivity index is 1.60. The van der Waals surface area contributed by atoms with Gasteiger partial charge in [0.2, 0.25) is 17.7 Å². The first-order valence-corrected chi connectivity index (χ1v) is 8.68. The molecule has 3 aliphatic rings. The molecule has 1 unspecified atom stereocenters. The van der Waals surface area contributed by atoms with Crippen molar-refractivity contribution >= 4 is 11.9 Å². The Hall–Kier alpha value is -1.85. The Kier molecular flexibility index (Phi) is 3.62. The van der Waals surface area contributed by atoms with Crippen molar-refractivity contribution in [3.8, 4) is 5.88 Å². The lowest BCUT2D eigenvalue weighted by Crippen LogP contribution is -2.55. The third kappa shape index (κ3) is 2.54. The van der Waals surface area contributed by atoms with Crippen LogP contribution in [-0.4, -0.2) is 41.1 Å². The predicted octanol–water partition coefficient (Wildman–Crippen LogP) is 1.90. The minimum absolute atomic E-state index is 0.0169. The van der Waals surface area contributed by atoms with Crippen LogP contribution in [0, 0.1) is 5.92 Å². The lowest BCUT2D eigenvalue weighted by molar-refractivity contribution is -0.123. The van der Waals surface area contributed by atoms with E-state index < -0.39 is 0 Å². The van der Waals surface area contributed by atoms with Crippen molar-refractivity contribution in [2.75, 3.05) is 18.6 Å². The molecule has 1 saturated heterocycles. The van der Waals surface area contributed by atoms with Gasteiger partial charge in [-0.05, 0) is 32.1 Å². The molecule has 1 spiro atoms. The summed E-state index contributed by atoms with van der Waals surface area (Å²) in [6.07, 6.45) is 9.43. The summed E-state index contributed by atoms with van der Waals surface area (Å²) in [6.45, 7) is 0.892. The molecule has 1 aromatic rings. The molecule has 124 valence electrons. The fourth-order valence-electron chi connectivity index (χ4n) is 4.26. The summed E-state index contributed by atoms with van der Waals surface area (Å²) in [7, 11) is 1.63. The number of amides is 1. The average molecular weight is 316 g/mol. The molecule has 1 aromatic heterocycles. The Bertz CT molecular complexity index is 596. The smallest absolute Gasteiger partial charge is 0.229 e. The van der Waals surface area contributed by atoms with E-state index >= 15 is 0 Å². The molecule has 1 atom stereocenters. The van der Waals surface area contributed by atoms with Crippen molar-refractivity contribution in [3.05, 3.63) is 12.3 Å². The van der Waals surface area contributed by atoms with Gasteiger partial charge in [0.15, 0.2) is 0 Å². The highest BCUT2D eigenvalue weighted by Gasteiger charge is 2.52. The number of nitrogens with one attached hydrogen (secondary N) is 1. The van der Waals surface area contributed by atoms with E-state index in [1.807, 2.05) is 0 Å². The van der Waals surface area contributed by atoms with E-state index in [1.165, 1.54) is 12.8 Å². The number of carbonyl (C=O) groups excluding carboxylic acids is 1. The van der Waals surface area contributed by atoms with Crippen LogP contribution in [0.25, 0.3) is 0 Å². The van der Waals surface area contributed by atoms with E-state index in [-0.39, 0.29) is 23.4 Å². The van der Waals surface area contributed by atoms with Gasteiger partial charge in [-0.25, -0.2) is 4.98 Å². The maximum atomic E-state index is 12.3. The Labute approximate surface area is 136 Å². The summed E-state index contributed by atoms with van der Waals surface area (Å²) in [5, 5.41) is 3.33. The molecule has 0 radical (unpaired) electrons. The van der Waals surface area contributed by atoms with Gasteiger partial charge in [-0.3, -0.25) is 4.79 Å². The number of nitrogens with zero attached hydrogens (tertiary/aromatic N) is 3. The average Bonchev–Trinajstić information content (AvgIpc) is 3.24. The summed E-state index contributed by atoms with van der Waals surface area (Å²) in [4.78, 5) is 23.6. The zero-order chi connectivity index (χ0) is 15.9. The number of methoxy groups -OCH3 is 1. The first kappa shape index (κ1) is 14.7. The molecule has 2 heterocycles. The lowest BCUT2D eigenvalue weighted by atomic mass is 9.89. The third-order valence-electron chi connectivity index (χ3n) is 5.63. The standard InChI is InChI=1S/C17H24N4O2/c1-23-14-6-10-18-16(20-14)21-11-7-13(17(21)8-2-3-9-17)19-15(22)12-4-5-12/h6,10,12-13H,2-5,7-9,11H2,1H3,(H,19,22). The Morgan fingerprint density at radius 2 is 2.13 bits per heavy atom. The topological polar surface area (TPSA) is 67.3 Å². The highest BCUT2D eigenvalue weighted by atomic mass is 16.5. The monoisotopic (exact) mass is 316 g/mol. The Morgan fingerprint density at radius 3 is 2.83 bits per heavy atom. The molecule has 0 bridgehead atoms. The molecule has 1 N–H and O–H groups in total. The maximum absolute atomic E-state index is 12.3. The molecule has 4 rings (SSSR count). The largest absolute Gasteiger partial charge is 0.481 e. The van der Waals surface area contributed by atoms with Gasteiger partial charge in [-0.15, -0.1) is 0 Å². The van der Waals surface area contributed by atoms with Gasteiger partial charge in [-0.2, -0.15) is 4.98 Å². The fourth-order valence-corrected chi connectivity index (χ4v) is 4.26. The first-order chi connectivity index (χ1) is 11.2.